The number of hydrogen-bond acceptors (Lipinski definition) is 7. The lowest BCUT2D eigenvalue weighted by atomic mass is 9.98. The van der Waals surface area contributed by atoms with Crippen molar-refractivity contribution in [3.63, 3.8) is 0 Å². The maximum atomic E-state index is 13.6. The number of benzene rings is 2. The molecular weight excluding hydrogens is 524 g/mol. The number of urea groups is 1. The number of rotatable bonds is 14. The van der Waals surface area contributed by atoms with Crippen LogP contribution in [0, 0.1) is 0 Å². The number of methoxy groups -OCH3 is 2. The van der Waals surface area contributed by atoms with Crippen LogP contribution >= 0.6 is 0 Å². The molecular formula is C31H40N4O6. The monoisotopic (exact) mass is 564 g/mol. The standard InChI is InChI=1S/C31H40N4O6/c1-5-6-7-15-41-29-17-25(11-12-27(29)38-3)35-14-8-13-34(31(35)37)19-24-10-9-23(16-28(24)39-4)22(2)18-32-30(36)26-20-40-21-33-26/h9-12,16-17,20-22H,5-8,13-15,18-19H2,1-4H3,(H,32,36). The fourth-order valence-corrected chi connectivity index (χ4v) is 4.83. The molecule has 1 N–H and O–H groups in total. The molecule has 10 nitrogen and oxygen atoms in total. The third-order valence-corrected chi connectivity index (χ3v) is 7.25. The zero-order valence-electron chi connectivity index (χ0n) is 24.4. The molecule has 1 atom stereocenters. The van der Waals surface area contributed by atoms with E-state index in [1.165, 1.54) is 12.7 Å². The maximum absolute atomic E-state index is 13.6. The quantitative estimate of drug-likeness (QED) is 0.253. The van der Waals surface area contributed by atoms with Crippen molar-refractivity contribution in [1.29, 1.82) is 0 Å². The SMILES string of the molecule is CCCCCOc1cc(N2CCCN(Cc3ccc(C(C)CNC(=O)c4cocn4)cc3OC)C2=O)ccc1OC. The number of hydrogen-bond donors (Lipinski definition) is 1. The molecule has 2 aromatic carbocycles. The summed E-state index contributed by atoms with van der Waals surface area (Å²) in [5.74, 6) is 1.76. The van der Waals surface area contributed by atoms with Crippen molar-refractivity contribution in [2.45, 2.75) is 52.0 Å². The number of nitrogens with one attached hydrogen (secondary N) is 1. The van der Waals surface area contributed by atoms with E-state index in [0.717, 1.165) is 42.5 Å². The van der Waals surface area contributed by atoms with Crippen LogP contribution in [-0.4, -0.2) is 62.3 Å². The van der Waals surface area contributed by atoms with E-state index in [9.17, 15) is 9.59 Å². The van der Waals surface area contributed by atoms with Gasteiger partial charge in [0.1, 0.15) is 12.0 Å². The van der Waals surface area contributed by atoms with Crippen LogP contribution in [0.1, 0.15) is 67.1 Å². The van der Waals surface area contributed by atoms with Gasteiger partial charge in [0, 0.05) is 37.0 Å². The summed E-state index contributed by atoms with van der Waals surface area (Å²) in [6.07, 6.45) is 6.58. The Kier molecular flexibility index (Phi) is 10.5. The van der Waals surface area contributed by atoms with Gasteiger partial charge in [-0.25, -0.2) is 9.78 Å². The normalized spacial score (nSPS) is 14.1. The fraction of sp³-hybridized carbons (Fsp3) is 0.452. The molecule has 0 aliphatic carbocycles. The van der Waals surface area contributed by atoms with Gasteiger partial charge in [0.05, 0.1) is 27.4 Å². The molecule has 1 saturated heterocycles. The molecule has 0 saturated carbocycles. The number of unbranched alkanes of at least 4 members (excludes halogenated alkanes) is 2. The number of oxazole rings is 1. The molecule has 1 aliphatic rings. The Morgan fingerprint density at radius 1 is 1.07 bits per heavy atom. The van der Waals surface area contributed by atoms with Gasteiger partial charge in [0.15, 0.2) is 23.6 Å². The second kappa shape index (κ2) is 14.4. The number of carbonyl (C=O) groups is 2. The van der Waals surface area contributed by atoms with Crippen LogP contribution in [0.3, 0.4) is 0 Å². The summed E-state index contributed by atoms with van der Waals surface area (Å²) >= 11 is 0. The Hall–Kier alpha value is -4.21. The van der Waals surface area contributed by atoms with E-state index in [2.05, 4.69) is 17.2 Å². The lowest BCUT2D eigenvalue weighted by Crippen LogP contribution is -2.49. The largest absolute Gasteiger partial charge is 0.496 e. The first kappa shape index (κ1) is 29.8. The predicted octanol–water partition coefficient (Wildman–Crippen LogP) is 5.63. The molecule has 1 fully saturated rings. The number of nitrogens with zero attached hydrogens (tertiary/aromatic N) is 3. The van der Waals surface area contributed by atoms with Crippen molar-refractivity contribution < 1.29 is 28.2 Å². The van der Waals surface area contributed by atoms with E-state index in [-0.39, 0.29) is 23.6 Å². The van der Waals surface area contributed by atoms with Gasteiger partial charge in [-0.05, 0) is 42.5 Å². The van der Waals surface area contributed by atoms with Gasteiger partial charge in [0.2, 0.25) is 0 Å². The molecule has 41 heavy (non-hydrogen) atoms. The fourth-order valence-electron chi connectivity index (χ4n) is 4.83. The van der Waals surface area contributed by atoms with Gasteiger partial charge in [-0.3, -0.25) is 9.69 Å². The van der Waals surface area contributed by atoms with E-state index in [1.54, 1.807) is 19.1 Å². The average molecular weight is 565 g/mol. The molecule has 1 aromatic heterocycles. The lowest BCUT2D eigenvalue weighted by molar-refractivity contribution is 0.0946. The lowest BCUT2D eigenvalue weighted by Gasteiger charge is -2.36. The van der Waals surface area contributed by atoms with Gasteiger partial charge < -0.3 is 28.8 Å². The highest BCUT2D eigenvalue weighted by molar-refractivity contribution is 5.93. The first-order chi connectivity index (χ1) is 19.9. The summed E-state index contributed by atoms with van der Waals surface area (Å²) in [6, 6.07) is 11.6. The van der Waals surface area contributed by atoms with Crippen LogP contribution < -0.4 is 24.4 Å². The zero-order chi connectivity index (χ0) is 29.2. The van der Waals surface area contributed by atoms with Crippen molar-refractivity contribution in [3.05, 3.63) is 65.9 Å². The van der Waals surface area contributed by atoms with Gasteiger partial charge >= 0.3 is 6.03 Å². The highest BCUT2D eigenvalue weighted by Crippen LogP contribution is 2.34. The molecule has 1 unspecified atom stereocenters. The van der Waals surface area contributed by atoms with E-state index < -0.39 is 0 Å². The first-order valence-electron chi connectivity index (χ1n) is 14.2. The molecule has 4 rings (SSSR count). The van der Waals surface area contributed by atoms with Crippen LogP contribution in [0.2, 0.25) is 0 Å². The van der Waals surface area contributed by atoms with Crippen molar-refractivity contribution in [3.8, 4) is 17.2 Å². The maximum Gasteiger partial charge on any atom is 0.324 e. The number of aromatic nitrogens is 1. The number of amides is 3. The summed E-state index contributed by atoms with van der Waals surface area (Å²) in [4.78, 5) is 33.3. The smallest absolute Gasteiger partial charge is 0.324 e. The minimum atomic E-state index is -0.283. The minimum Gasteiger partial charge on any atom is -0.496 e. The van der Waals surface area contributed by atoms with E-state index in [1.807, 2.05) is 48.2 Å². The van der Waals surface area contributed by atoms with E-state index in [0.29, 0.717) is 50.0 Å². The molecule has 0 bridgehead atoms. The number of carbonyl (C=O) groups excluding carboxylic acids is 2. The highest BCUT2D eigenvalue weighted by atomic mass is 16.5. The van der Waals surface area contributed by atoms with Gasteiger partial charge in [-0.15, -0.1) is 0 Å². The van der Waals surface area contributed by atoms with Gasteiger partial charge in [0.25, 0.3) is 5.91 Å². The van der Waals surface area contributed by atoms with Crippen molar-refractivity contribution in [2.24, 2.45) is 0 Å². The van der Waals surface area contributed by atoms with Gasteiger partial charge in [-0.2, -0.15) is 0 Å². The topological polar surface area (TPSA) is 106 Å². The summed E-state index contributed by atoms with van der Waals surface area (Å²) < 4.78 is 22.1. The summed E-state index contributed by atoms with van der Waals surface area (Å²) in [7, 11) is 3.25. The molecule has 220 valence electrons. The molecule has 10 heteroatoms. The van der Waals surface area contributed by atoms with Crippen molar-refractivity contribution in [1.82, 2.24) is 15.2 Å². The highest BCUT2D eigenvalue weighted by Gasteiger charge is 2.28. The van der Waals surface area contributed by atoms with Crippen LogP contribution in [0.5, 0.6) is 17.2 Å². The molecule has 0 radical (unpaired) electrons. The molecule has 3 aromatic rings. The van der Waals surface area contributed by atoms with Crippen molar-refractivity contribution in [2.75, 3.05) is 45.4 Å². The van der Waals surface area contributed by atoms with Crippen LogP contribution in [0.4, 0.5) is 10.5 Å². The van der Waals surface area contributed by atoms with Crippen LogP contribution in [0.15, 0.2) is 53.5 Å². The molecule has 1 aliphatic heterocycles. The van der Waals surface area contributed by atoms with Crippen LogP contribution in [0.25, 0.3) is 0 Å². The Morgan fingerprint density at radius 2 is 1.90 bits per heavy atom. The Bertz CT molecular complexity index is 1300. The Morgan fingerprint density at radius 3 is 2.63 bits per heavy atom. The second-order valence-corrected chi connectivity index (χ2v) is 10.2. The average Bonchev–Trinajstić information content (AvgIpc) is 3.54. The third kappa shape index (κ3) is 7.50. The van der Waals surface area contributed by atoms with E-state index in [4.69, 9.17) is 18.6 Å². The third-order valence-electron chi connectivity index (χ3n) is 7.25. The summed E-state index contributed by atoms with van der Waals surface area (Å²) in [5, 5.41) is 2.88. The summed E-state index contributed by atoms with van der Waals surface area (Å²) in [5.41, 5.74) is 2.97. The first-order valence-corrected chi connectivity index (χ1v) is 14.2. The zero-order valence-corrected chi connectivity index (χ0v) is 24.4. The van der Waals surface area contributed by atoms with Gasteiger partial charge in [-0.1, -0.05) is 38.8 Å². The second-order valence-electron chi connectivity index (χ2n) is 10.2. The minimum absolute atomic E-state index is 0.0365. The predicted molar refractivity (Wildman–Crippen MR) is 156 cm³/mol. The molecule has 3 amide bonds. The number of anilines is 1. The number of ether oxygens (including phenoxy) is 3. The molecule has 2 heterocycles. The van der Waals surface area contributed by atoms with Crippen LogP contribution in [-0.2, 0) is 6.54 Å². The Labute approximate surface area is 241 Å². The van der Waals surface area contributed by atoms with E-state index >= 15 is 0 Å². The van der Waals surface area contributed by atoms with Crippen molar-refractivity contribution >= 4 is 17.6 Å². The summed E-state index contributed by atoms with van der Waals surface area (Å²) in [6.45, 7) is 6.93. The Balaban J connectivity index is 1.42. The molecule has 0 spiro atoms.